The van der Waals surface area contributed by atoms with Gasteiger partial charge in [-0.15, -0.1) is 0 Å². The van der Waals surface area contributed by atoms with Crippen molar-refractivity contribution in [1.29, 1.82) is 0 Å². The Kier molecular flexibility index (Phi) is 4.50. The van der Waals surface area contributed by atoms with Gasteiger partial charge in [-0.25, -0.2) is 4.98 Å². The first-order chi connectivity index (χ1) is 7.84. The molecule has 0 radical (unpaired) electrons. The second-order valence-electron chi connectivity index (χ2n) is 3.55. The lowest BCUT2D eigenvalue weighted by Crippen LogP contribution is -2.22. The number of hydrogen-bond acceptors (Lipinski definition) is 4. The fraction of sp³-hybridized carbons (Fsp3) is 0.500. The molecule has 3 nitrogen and oxygen atoms in total. The van der Waals surface area contributed by atoms with Gasteiger partial charge >= 0.3 is 6.18 Å². The first-order valence-corrected chi connectivity index (χ1v) is 6.29. The number of rotatable bonds is 4. The van der Waals surface area contributed by atoms with Gasteiger partial charge in [0.2, 0.25) is 0 Å². The molecule has 0 atom stereocenters. The Bertz CT molecular complexity index is 382. The molecule has 0 aliphatic carbocycles. The molecule has 1 aromatic rings. The van der Waals surface area contributed by atoms with Gasteiger partial charge in [0.25, 0.3) is 0 Å². The summed E-state index contributed by atoms with van der Waals surface area (Å²) >= 11 is 1.62. The third kappa shape index (κ3) is 3.99. The van der Waals surface area contributed by atoms with E-state index in [1.54, 1.807) is 23.7 Å². The topological polar surface area (TPSA) is 42.1 Å². The lowest BCUT2D eigenvalue weighted by atomic mass is 10.2. The zero-order valence-electron chi connectivity index (χ0n) is 9.58. The van der Waals surface area contributed by atoms with E-state index in [-0.39, 0.29) is 11.6 Å². The van der Waals surface area contributed by atoms with Crippen molar-refractivity contribution < 1.29 is 13.2 Å². The number of thioether (sulfide) groups is 1. The maximum atomic E-state index is 12.6. The normalized spacial score (nSPS) is 11.6. The summed E-state index contributed by atoms with van der Waals surface area (Å²) in [4.78, 5) is 5.55. The van der Waals surface area contributed by atoms with Crippen LogP contribution < -0.4 is 10.6 Å². The highest BCUT2D eigenvalue weighted by atomic mass is 32.2. The molecule has 96 valence electrons. The van der Waals surface area contributed by atoms with Gasteiger partial charge in [0.05, 0.1) is 5.56 Å². The van der Waals surface area contributed by atoms with Crippen LogP contribution in [0.5, 0.6) is 0 Å². The zero-order chi connectivity index (χ0) is 13.1. The second kappa shape index (κ2) is 5.48. The summed E-state index contributed by atoms with van der Waals surface area (Å²) in [5.74, 6) is 0.936. The Balaban J connectivity index is 2.97. The van der Waals surface area contributed by atoms with Crippen molar-refractivity contribution in [2.45, 2.75) is 6.18 Å². The van der Waals surface area contributed by atoms with Crippen molar-refractivity contribution in [2.75, 3.05) is 36.2 Å². The summed E-state index contributed by atoms with van der Waals surface area (Å²) in [7, 11) is 1.69. The number of nitrogens with zero attached hydrogens (tertiary/aromatic N) is 2. The summed E-state index contributed by atoms with van der Waals surface area (Å²) in [6.07, 6.45) is -2.46. The Morgan fingerprint density at radius 3 is 2.59 bits per heavy atom. The molecular formula is C10H14F3N3S. The van der Waals surface area contributed by atoms with Crippen LogP contribution in [-0.2, 0) is 6.18 Å². The van der Waals surface area contributed by atoms with Gasteiger partial charge in [-0.3, -0.25) is 0 Å². The molecule has 1 rings (SSSR count). The fourth-order valence-electron chi connectivity index (χ4n) is 1.24. The Morgan fingerprint density at radius 2 is 2.06 bits per heavy atom. The minimum atomic E-state index is -4.40. The summed E-state index contributed by atoms with van der Waals surface area (Å²) < 4.78 is 37.7. The van der Waals surface area contributed by atoms with E-state index in [0.717, 1.165) is 17.9 Å². The zero-order valence-corrected chi connectivity index (χ0v) is 10.4. The molecule has 2 N–H and O–H groups in total. The van der Waals surface area contributed by atoms with E-state index in [9.17, 15) is 13.2 Å². The van der Waals surface area contributed by atoms with Crippen LogP contribution in [0.4, 0.5) is 24.8 Å². The van der Waals surface area contributed by atoms with Gasteiger partial charge in [-0.05, 0) is 18.4 Å². The van der Waals surface area contributed by atoms with Crippen molar-refractivity contribution in [3.63, 3.8) is 0 Å². The summed E-state index contributed by atoms with van der Waals surface area (Å²) in [6, 6.07) is 1.85. The number of halogens is 3. The molecule has 0 aliphatic heterocycles. The highest BCUT2D eigenvalue weighted by molar-refractivity contribution is 7.98. The van der Waals surface area contributed by atoms with Crippen molar-refractivity contribution in [3.8, 4) is 0 Å². The number of pyridine rings is 1. The van der Waals surface area contributed by atoms with E-state index in [4.69, 9.17) is 5.73 Å². The van der Waals surface area contributed by atoms with Gasteiger partial charge in [0.1, 0.15) is 11.6 Å². The highest BCUT2D eigenvalue weighted by Crippen LogP contribution is 2.32. The largest absolute Gasteiger partial charge is 0.416 e. The standard InChI is InChI=1S/C10H14F3N3S/c1-16(3-4-17-2)9-6-7(10(11,12)13)5-8(14)15-9/h5-6H,3-4H2,1-2H3,(H2,14,15). The summed E-state index contributed by atoms with van der Waals surface area (Å²) in [6.45, 7) is 0.620. The average molecular weight is 265 g/mol. The highest BCUT2D eigenvalue weighted by Gasteiger charge is 2.31. The van der Waals surface area contributed by atoms with Crippen molar-refractivity contribution >= 4 is 23.4 Å². The van der Waals surface area contributed by atoms with Crippen molar-refractivity contribution in [2.24, 2.45) is 0 Å². The lowest BCUT2D eigenvalue weighted by Gasteiger charge is -2.19. The average Bonchev–Trinajstić information content (AvgIpc) is 2.23. The Labute approximate surface area is 102 Å². The maximum absolute atomic E-state index is 12.6. The first-order valence-electron chi connectivity index (χ1n) is 4.89. The van der Waals surface area contributed by atoms with E-state index < -0.39 is 11.7 Å². The molecule has 0 amide bonds. The number of alkyl halides is 3. The first kappa shape index (κ1) is 14.0. The third-order valence-corrected chi connectivity index (χ3v) is 2.77. The predicted octanol–water partition coefficient (Wildman–Crippen LogP) is 2.48. The number of aromatic nitrogens is 1. The van der Waals surface area contributed by atoms with Crippen LogP contribution in [-0.4, -0.2) is 30.6 Å². The molecule has 0 unspecified atom stereocenters. The van der Waals surface area contributed by atoms with E-state index >= 15 is 0 Å². The summed E-state index contributed by atoms with van der Waals surface area (Å²) in [5.41, 5.74) is 4.61. The van der Waals surface area contributed by atoms with Crippen LogP contribution >= 0.6 is 11.8 Å². The maximum Gasteiger partial charge on any atom is 0.416 e. The molecule has 0 saturated heterocycles. The molecule has 0 aromatic carbocycles. The lowest BCUT2D eigenvalue weighted by molar-refractivity contribution is -0.137. The van der Waals surface area contributed by atoms with Crippen LogP contribution in [0.15, 0.2) is 12.1 Å². The van der Waals surface area contributed by atoms with Crippen LogP contribution in [0.1, 0.15) is 5.56 Å². The molecule has 0 spiro atoms. The van der Waals surface area contributed by atoms with Crippen LogP contribution in [0.3, 0.4) is 0 Å². The van der Waals surface area contributed by atoms with Crippen molar-refractivity contribution in [1.82, 2.24) is 4.98 Å². The van der Waals surface area contributed by atoms with E-state index in [1.807, 2.05) is 6.26 Å². The molecule has 1 heterocycles. The number of anilines is 2. The predicted molar refractivity (Wildman–Crippen MR) is 65.3 cm³/mol. The number of nitrogen functional groups attached to an aromatic ring is 1. The third-order valence-electron chi connectivity index (χ3n) is 2.18. The molecule has 1 aromatic heterocycles. The van der Waals surface area contributed by atoms with E-state index in [2.05, 4.69) is 4.98 Å². The summed E-state index contributed by atoms with van der Waals surface area (Å²) in [5, 5.41) is 0. The number of hydrogen-bond donors (Lipinski definition) is 1. The molecule has 7 heteroatoms. The fourth-order valence-corrected chi connectivity index (χ4v) is 1.70. The van der Waals surface area contributed by atoms with E-state index in [0.29, 0.717) is 6.54 Å². The van der Waals surface area contributed by atoms with Gasteiger partial charge in [-0.1, -0.05) is 0 Å². The van der Waals surface area contributed by atoms with Gasteiger partial charge in [-0.2, -0.15) is 24.9 Å². The molecule has 0 saturated carbocycles. The number of nitrogens with two attached hydrogens (primary N) is 1. The monoisotopic (exact) mass is 265 g/mol. The molecule has 0 fully saturated rings. The minimum absolute atomic E-state index is 0.120. The van der Waals surface area contributed by atoms with Gasteiger partial charge < -0.3 is 10.6 Å². The van der Waals surface area contributed by atoms with Gasteiger partial charge in [0.15, 0.2) is 0 Å². The van der Waals surface area contributed by atoms with Crippen molar-refractivity contribution in [3.05, 3.63) is 17.7 Å². The molecular weight excluding hydrogens is 251 g/mol. The Hall–Kier alpha value is -1.11. The Morgan fingerprint density at radius 1 is 1.41 bits per heavy atom. The molecule has 0 aliphatic rings. The quantitative estimate of drug-likeness (QED) is 0.908. The second-order valence-corrected chi connectivity index (χ2v) is 4.54. The smallest absolute Gasteiger partial charge is 0.384 e. The minimum Gasteiger partial charge on any atom is -0.384 e. The van der Waals surface area contributed by atoms with Crippen LogP contribution in [0, 0.1) is 0 Å². The van der Waals surface area contributed by atoms with Crippen LogP contribution in [0.25, 0.3) is 0 Å². The van der Waals surface area contributed by atoms with Crippen LogP contribution in [0.2, 0.25) is 0 Å². The van der Waals surface area contributed by atoms with Gasteiger partial charge in [0, 0.05) is 19.3 Å². The molecule has 0 bridgehead atoms. The SMILES string of the molecule is CSCCN(C)c1cc(C(F)(F)F)cc(N)n1. The van der Waals surface area contributed by atoms with E-state index in [1.165, 1.54) is 0 Å². The molecule has 17 heavy (non-hydrogen) atoms.